The molecule has 0 radical (unpaired) electrons. The number of piperidine rings is 1. The molecule has 114 valence electrons. The first-order valence-electron chi connectivity index (χ1n) is 6.55. The molecular weight excluding hydrogens is 268 g/mol. The van der Waals surface area contributed by atoms with Crippen LogP contribution >= 0.6 is 0 Å². The first-order chi connectivity index (χ1) is 9.49. The molecule has 0 aromatic rings. The molecule has 8 heteroatoms. The van der Waals surface area contributed by atoms with Crippen LogP contribution < -0.4 is 5.32 Å². The van der Waals surface area contributed by atoms with Crippen LogP contribution in [-0.4, -0.2) is 65.4 Å². The standard InChI is InChI=1S/C12H20N2O6/c1-2-20-11(18)8-4-3-5-14(6-8)12(19)13-9(7-15)10(16)17/h8-9,15H,2-7H2,1H3,(H,13,19)(H,16,17)/t8?,9-/m1/s1. The molecule has 1 aliphatic heterocycles. The lowest BCUT2D eigenvalue weighted by molar-refractivity contribution is -0.149. The predicted molar refractivity (Wildman–Crippen MR) is 68.0 cm³/mol. The van der Waals surface area contributed by atoms with Crippen molar-refractivity contribution >= 4 is 18.0 Å². The number of carbonyl (C=O) groups is 3. The van der Waals surface area contributed by atoms with Crippen molar-refractivity contribution in [3.8, 4) is 0 Å². The van der Waals surface area contributed by atoms with E-state index in [1.807, 2.05) is 0 Å². The average molecular weight is 288 g/mol. The Balaban J connectivity index is 2.55. The first kappa shape index (κ1) is 16.2. The lowest BCUT2D eigenvalue weighted by atomic mass is 9.98. The largest absolute Gasteiger partial charge is 0.480 e. The van der Waals surface area contributed by atoms with Gasteiger partial charge in [0, 0.05) is 13.1 Å². The SMILES string of the molecule is CCOC(=O)C1CCCN(C(=O)N[C@H](CO)C(=O)O)C1. The third-order valence-electron chi connectivity index (χ3n) is 3.11. The van der Waals surface area contributed by atoms with Crippen LogP contribution in [0.1, 0.15) is 19.8 Å². The fraction of sp³-hybridized carbons (Fsp3) is 0.750. The van der Waals surface area contributed by atoms with Crippen molar-refractivity contribution in [3.05, 3.63) is 0 Å². The summed E-state index contributed by atoms with van der Waals surface area (Å²) in [7, 11) is 0. The van der Waals surface area contributed by atoms with Gasteiger partial charge in [0.2, 0.25) is 0 Å². The number of carboxylic acid groups (broad SMARTS) is 1. The number of carboxylic acids is 1. The van der Waals surface area contributed by atoms with Gasteiger partial charge in [0.05, 0.1) is 19.1 Å². The van der Waals surface area contributed by atoms with Crippen LogP contribution in [0.2, 0.25) is 0 Å². The van der Waals surface area contributed by atoms with Crippen LogP contribution in [0.4, 0.5) is 4.79 Å². The van der Waals surface area contributed by atoms with Crippen LogP contribution in [0.3, 0.4) is 0 Å². The molecule has 0 aliphatic carbocycles. The summed E-state index contributed by atoms with van der Waals surface area (Å²) >= 11 is 0. The number of esters is 1. The van der Waals surface area contributed by atoms with E-state index in [0.717, 1.165) is 0 Å². The molecule has 0 bridgehead atoms. The first-order valence-corrected chi connectivity index (χ1v) is 6.55. The summed E-state index contributed by atoms with van der Waals surface area (Å²) in [4.78, 5) is 35.6. The molecule has 1 fully saturated rings. The number of aliphatic hydroxyl groups excluding tert-OH is 1. The minimum Gasteiger partial charge on any atom is -0.480 e. The molecule has 0 aromatic carbocycles. The molecule has 1 rings (SSSR count). The molecular formula is C12H20N2O6. The van der Waals surface area contributed by atoms with Gasteiger partial charge in [-0.2, -0.15) is 0 Å². The summed E-state index contributed by atoms with van der Waals surface area (Å²) in [5.41, 5.74) is 0. The third kappa shape index (κ3) is 4.37. The number of carbonyl (C=O) groups excluding carboxylic acids is 2. The molecule has 1 heterocycles. The molecule has 1 aliphatic rings. The van der Waals surface area contributed by atoms with Gasteiger partial charge in [0.25, 0.3) is 0 Å². The Hall–Kier alpha value is -1.83. The molecule has 1 saturated heterocycles. The number of hydrogen-bond donors (Lipinski definition) is 3. The van der Waals surface area contributed by atoms with Crippen LogP contribution in [0.5, 0.6) is 0 Å². The molecule has 1 unspecified atom stereocenters. The van der Waals surface area contributed by atoms with E-state index in [2.05, 4.69) is 5.32 Å². The summed E-state index contributed by atoms with van der Waals surface area (Å²) in [5.74, 6) is -2.03. The predicted octanol–water partition coefficient (Wildman–Crippen LogP) is -0.583. The number of aliphatic carboxylic acids is 1. The number of hydrogen-bond acceptors (Lipinski definition) is 5. The van der Waals surface area contributed by atoms with Crippen LogP contribution in [0.15, 0.2) is 0 Å². The summed E-state index contributed by atoms with van der Waals surface area (Å²) < 4.78 is 4.92. The number of likely N-dealkylation sites (tertiary alicyclic amines) is 1. The maximum Gasteiger partial charge on any atom is 0.328 e. The van der Waals surface area contributed by atoms with Crippen molar-refractivity contribution < 1.29 is 29.3 Å². The van der Waals surface area contributed by atoms with E-state index in [1.165, 1.54) is 4.90 Å². The van der Waals surface area contributed by atoms with Gasteiger partial charge in [0.15, 0.2) is 6.04 Å². The number of urea groups is 1. The van der Waals surface area contributed by atoms with Crippen molar-refractivity contribution in [1.29, 1.82) is 0 Å². The third-order valence-corrected chi connectivity index (χ3v) is 3.11. The second kappa shape index (κ2) is 7.68. The molecule has 2 atom stereocenters. The van der Waals surface area contributed by atoms with Gasteiger partial charge in [-0.15, -0.1) is 0 Å². The Morgan fingerprint density at radius 3 is 2.70 bits per heavy atom. The van der Waals surface area contributed by atoms with E-state index >= 15 is 0 Å². The molecule has 20 heavy (non-hydrogen) atoms. The van der Waals surface area contributed by atoms with Crippen molar-refractivity contribution in [3.63, 3.8) is 0 Å². The topological polar surface area (TPSA) is 116 Å². The summed E-state index contributed by atoms with van der Waals surface area (Å²) in [5, 5.41) is 19.8. The lowest BCUT2D eigenvalue weighted by Gasteiger charge is -2.32. The van der Waals surface area contributed by atoms with Gasteiger partial charge in [-0.05, 0) is 19.8 Å². The molecule has 8 nitrogen and oxygen atoms in total. The second-order valence-electron chi connectivity index (χ2n) is 4.56. The number of rotatable bonds is 5. The maximum absolute atomic E-state index is 11.9. The van der Waals surface area contributed by atoms with E-state index in [9.17, 15) is 14.4 Å². The molecule has 0 saturated carbocycles. The van der Waals surface area contributed by atoms with E-state index < -0.39 is 24.6 Å². The fourth-order valence-electron chi connectivity index (χ4n) is 2.04. The van der Waals surface area contributed by atoms with Crippen LogP contribution in [0, 0.1) is 5.92 Å². The fourth-order valence-corrected chi connectivity index (χ4v) is 2.04. The number of ether oxygens (including phenoxy) is 1. The molecule has 0 spiro atoms. The number of nitrogens with zero attached hydrogens (tertiary/aromatic N) is 1. The van der Waals surface area contributed by atoms with E-state index in [0.29, 0.717) is 19.4 Å². The maximum atomic E-state index is 11.9. The Morgan fingerprint density at radius 2 is 2.15 bits per heavy atom. The van der Waals surface area contributed by atoms with Crippen LogP contribution in [0.25, 0.3) is 0 Å². The number of nitrogens with one attached hydrogen (secondary N) is 1. The Morgan fingerprint density at radius 1 is 1.45 bits per heavy atom. The van der Waals surface area contributed by atoms with Gasteiger partial charge in [-0.3, -0.25) is 4.79 Å². The van der Waals surface area contributed by atoms with Gasteiger partial charge in [-0.25, -0.2) is 9.59 Å². The zero-order valence-electron chi connectivity index (χ0n) is 11.4. The van der Waals surface area contributed by atoms with Crippen molar-refractivity contribution in [2.24, 2.45) is 5.92 Å². The van der Waals surface area contributed by atoms with Gasteiger partial charge in [0.1, 0.15) is 0 Å². The summed E-state index contributed by atoms with van der Waals surface area (Å²) in [6, 6.07) is -1.94. The van der Waals surface area contributed by atoms with Gasteiger partial charge < -0.3 is 25.2 Å². The van der Waals surface area contributed by atoms with E-state index in [1.54, 1.807) is 6.92 Å². The smallest absolute Gasteiger partial charge is 0.328 e. The monoisotopic (exact) mass is 288 g/mol. The quantitative estimate of drug-likeness (QED) is 0.583. The summed E-state index contributed by atoms with van der Waals surface area (Å²) in [6.07, 6.45) is 1.29. The summed E-state index contributed by atoms with van der Waals surface area (Å²) in [6.45, 7) is 1.95. The number of amides is 2. The van der Waals surface area contributed by atoms with Gasteiger partial charge in [-0.1, -0.05) is 0 Å². The molecule has 2 amide bonds. The number of aliphatic hydroxyl groups is 1. The van der Waals surface area contributed by atoms with Crippen molar-refractivity contribution in [2.45, 2.75) is 25.8 Å². The van der Waals surface area contributed by atoms with E-state index in [-0.39, 0.29) is 25.0 Å². The zero-order valence-corrected chi connectivity index (χ0v) is 11.4. The Kier molecular flexibility index (Phi) is 6.23. The molecule has 3 N–H and O–H groups in total. The van der Waals surface area contributed by atoms with Gasteiger partial charge >= 0.3 is 18.0 Å². The highest BCUT2D eigenvalue weighted by Gasteiger charge is 2.30. The molecule has 0 aromatic heterocycles. The zero-order chi connectivity index (χ0) is 15.1. The Bertz CT molecular complexity index is 373. The lowest BCUT2D eigenvalue weighted by Crippen LogP contribution is -2.52. The van der Waals surface area contributed by atoms with Crippen LogP contribution in [-0.2, 0) is 14.3 Å². The minimum absolute atomic E-state index is 0.197. The minimum atomic E-state index is -1.34. The highest BCUT2D eigenvalue weighted by atomic mass is 16.5. The highest BCUT2D eigenvalue weighted by Crippen LogP contribution is 2.18. The van der Waals surface area contributed by atoms with Crippen molar-refractivity contribution in [1.82, 2.24) is 10.2 Å². The second-order valence-corrected chi connectivity index (χ2v) is 4.56. The Labute approximate surface area is 116 Å². The highest BCUT2D eigenvalue weighted by molar-refractivity contribution is 5.83. The average Bonchev–Trinajstić information content (AvgIpc) is 2.44. The normalized spacial score (nSPS) is 20.1. The van der Waals surface area contributed by atoms with Crippen molar-refractivity contribution in [2.75, 3.05) is 26.3 Å². The van der Waals surface area contributed by atoms with E-state index in [4.69, 9.17) is 14.9 Å².